The zero-order valence-electron chi connectivity index (χ0n) is 14.8. The van der Waals surface area contributed by atoms with Gasteiger partial charge in [0.05, 0.1) is 22.3 Å². The molecule has 1 amide bonds. The molecule has 1 N–H and O–H groups in total. The Kier molecular flexibility index (Phi) is 4.97. The Hall–Kier alpha value is -3.71. The van der Waals surface area contributed by atoms with Crippen LogP contribution in [0, 0.1) is 5.82 Å². The number of hydrogen-bond donors (Lipinski definition) is 1. The van der Waals surface area contributed by atoms with E-state index in [9.17, 15) is 14.0 Å². The van der Waals surface area contributed by atoms with E-state index >= 15 is 0 Å². The monoisotopic (exact) mass is 406 g/mol. The molecule has 0 bridgehead atoms. The van der Waals surface area contributed by atoms with Crippen LogP contribution in [-0.4, -0.2) is 26.6 Å². The Balaban J connectivity index is 1.77. The van der Waals surface area contributed by atoms with E-state index in [1.807, 2.05) is 0 Å². The van der Waals surface area contributed by atoms with Gasteiger partial charge < -0.3 is 5.32 Å². The van der Waals surface area contributed by atoms with Crippen LogP contribution in [0.15, 0.2) is 67.3 Å². The molecule has 0 aliphatic rings. The fraction of sp³-hybridized carbons (Fsp3) is 0. The molecule has 0 aliphatic heterocycles. The Morgan fingerprint density at radius 3 is 2.59 bits per heavy atom. The van der Waals surface area contributed by atoms with Crippen molar-refractivity contribution in [2.45, 2.75) is 0 Å². The summed E-state index contributed by atoms with van der Waals surface area (Å²) in [4.78, 5) is 37.7. The van der Waals surface area contributed by atoms with Crippen LogP contribution < -0.4 is 5.32 Å². The lowest BCUT2D eigenvalue weighted by Crippen LogP contribution is -2.15. The second-order valence-electron chi connectivity index (χ2n) is 6.14. The van der Waals surface area contributed by atoms with Gasteiger partial charge in [-0.3, -0.25) is 19.6 Å². The van der Waals surface area contributed by atoms with Gasteiger partial charge in [0.15, 0.2) is 5.78 Å². The molecule has 29 heavy (non-hydrogen) atoms. The maximum Gasteiger partial charge on any atom is 0.259 e. The number of nitrogens with one attached hydrogen (secondary N) is 1. The molecule has 0 saturated carbocycles. The number of nitrogens with zero attached hydrogens (tertiary/aromatic N) is 3. The van der Waals surface area contributed by atoms with Crippen LogP contribution in [0.4, 0.5) is 10.2 Å². The highest BCUT2D eigenvalue weighted by atomic mass is 35.5. The van der Waals surface area contributed by atoms with Crippen molar-refractivity contribution in [1.82, 2.24) is 15.0 Å². The topological polar surface area (TPSA) is 84.8 Å². The summed E-state index contributed by atoms with van der Waals surface area (Å²) in [5, 5.41) is 3.69. The van der Waals surface area contributed by atoms with E-state index in [0.29, 0.717) is 21.7 Å². The lowest BCUT2D eigenvalue weighted by molar-refractivity contribution is 0.102. The van der Waals surface area contributed by atoms with Crippen molar-refractivity contribution in [3.05, 3.63) is 94.8 Å². The summed E-state index contributed by atoms with van der Waals surface area (Å²) < 4.78 is 13.5. The summed E-state index contributed by atoms with van der Waals surface area (Å²) in [6.07, 6.45) is 5.25. The van der Waals surface area contributed by atoms with E-state index < -0.39 is 17.5 Å². The minimum atomic E-state index is -0.620. The molecular weight excluding hydrogens is 395 g/mol. The average Bonchev–Trinajstić information content (AvgIpc) is 2.74. The van der Waals surface area contributed by atoms with Gasteiger partial charge in [0, 0.05) is 35.1 Å². The predicted octanol–water partition coefficient (Wildman–Crippen LogP) is 4.30. The lowest BCUT2D eigenvalue weighted by Gasteiger charge is -2.10. The molecule has 3 aromatic heterocycles. The van der Waals surface area contributed by atoms with Crippen LogP contribution in [0.1, 0.15) is 26.3 Å². The fourth-order valence-corrected chi connectivity index (χ4v) is 2.94. The molecule has 0 saturated heterocycles. The second kappa shape index (κ2) is 7.73. The minimum absolute atomic E-state index is 0.0824. The summed E-state index contributed by atoms with van der Waals surface area (Å²) in [5.74, 6) is -1.27. The first-order valence-electron chi connectivity index (χ1n) is 8.48. The van der Waals surface area contributed by atoms with Gasteiger partial charge in [-0.1, -0.05) is 17.7 Å². The molecule has 4 rings (SSSR count). The van der Waals surface area contributed by atoms with Gasteiger partial charge in [-0.2, -0.15) is 0 Å². The first-order chi connectivity index (χ1) is 14.0. The first kappa shape index (κ1) is 18.6. The SMILES string of the molecule is O=C(c1cncc(F)c1)c1cc(C(=O)Nc2ccc(Cl)cn2)c2ncccc2c1. The number of hydrogen-bond acceptors (Lipinski definition) is 5. The van der Waals surface area contributed by atoms with E-state index in [1.165, 1.54) is 18.5 Å². The standard InChI is InChI=1S/C21H12ClFN4O2/c22-15-3-4-18(26-10-15)27-21(29)17-8-13(6-12-2-1-5-25-19(12)17)20(28)14-7-16(23)11-24-9-14/h1-11H,(H,26,27,29). The van der Waals surface area contributed by atoms with Crippen molar-refractivity contribution in [3.63, 3.8) is 0 Å². The molecule has 0 spiro atoms. The van der Waals surface area contributed by atoms with E-state index in [-0.39, 0.29) is 16.7 Å². The van der Waals surface area contributed by atoms with E-state index in [4.69, 9.17) is 11.6 Å². The van der Waals surface area contributed by atoms with E-state index in [2.05, 4.69) is 20.3 Å². The van der Waals surface area contributed by atoms with Crippen LogP contribution in [0.3, 0.4) is 0 Å². The number of pyridine rings is 3. The van der Waals surface area contributed by atoms with Crippen molar-refractivity contribution in [2.75, 3.05) is 5.32 Å². The smallest absolute Gasteiger partial charge is 0.259 e. The normalized spacial score (nSPS) is 10.7. The number of aromatic nitrogens is 3. The van der Waals surface area contributed by atoms with Crippen LogP contribution in [0.25, 0.3) is 10.9 Å². The number of ketones is 1. The number of anilines is 1. The Morgan fingerprint density at radius 2 is 1.83 bits per heavy atom. The molecule has 1 aromatic carbocycles. The summed E-state index contributed by atoms with van der Waals surface area (Å²) in [6.45, 7) is 0. The molecule has 8 heteroatoms. The van der Waals surface area contributed by atoms with Crippen LogP contribution >= 0.6 is 11.6 Å². The van der Waals surface area contributed by atoms with E-state index in [0.717, 1.165) is 12.3 Å². The van der Waals surface area contributed by atoms with Gasteiger partial charge in [0.25, 0.3) is 5.91 Å². The van der Waals surface area contributed by atoms with Crippen molar-refractivity contribution in [3.8, 4) is 0 Å². The highest BCUT2D eigenvalue weighted by Gasteiger charge is 2.18. The summed E-state index contributed by atoms with van der Waals surface area (Å²) >= 11 is 5.81. The predicted molar refractivity (Wildman–Crippen MR) is 107 cm³/mol. The summed E-state index contributed by atoms with van der Waals surface area (Å²) in [6, 6.07) is 10.7. The average molecular weight is 407 g/mol. The molecule has 0 unspecified atom stereocenters. The number of carbonyl (C=O) groups excluding carboxylic acids is 2. The van der Waals surface area contributed by atoms with Gasteiger partial charge in [-0.05, 0) is 36.4 Å². The number of halogens is 2. The second-order valence-corrected chi connectivity index (χ2v) is 6.57. The molecule has 0 atom stereocenters. The molecule has 0 fully saturated rings. The first-order valence-corrected chi connectivity index (χ1v) is 8.86. The van der Waals surface area contributed by atoms with Crippen molar-refractivity contribution in [2.24, 2.45) is 0 Å². The molecular formula is C21H12ClFN4O2. The highest BCUT2D eigenvalue weighted by molar-refractivity contribution is 6.30. The van der Waals surface area contributed by atoms with Gasteiger partial charge >= 0.3 is 0 Å². The molecule has 6 nitrogen and oxygen atoms in total. The van der Waals surface area contributed by atoms with Crippen molar-refractivity contribution >= 4 is 40.0 Å². The fourth-order valence-electron chi connectivity index (χ4n) is 2.83. The number of benzene rings is 1. The molecule has 4 aromatic rings. The molecule has 142 valence electrons. The molecule has 0 aliphatic carbocycles. The third-order valence-electron chi connectivity index (χ3n) is 4.15. The zero-order valence-corrected chi connectivity index (χ0v) is 15.5. The molecule has 0 radical (unpaired) electrons. The van der Waals surface area contributed by atoms with Crippen molar-refractivity contribution in [1.29, 1.82) is 0 Å². The van der Waals surface area contributed by atoms with Gasteiger partial charge in [-0.15, -0.1) is 0 Å². The number of carbonyl (C=O) groups is 2. The molecule has 3 heterocycles. The number of rotatable bonds is 4. The zero-order chi connectivity index (χ0) is 20.4. The maximum atomic E-state index is 13.5. The maximum absolute atomic E-state index is 13.5. The lowest BCUT2D eigenvalue weighted by atomic mass is 9.98. The largest absolute Gasteiger partial charge is 0.306 e. The van der Waals surface area contributed by atoms with Gasteiger partial charge in [0.2, 0.25) is 0 Å². The quantitative estimate of drug-likeness (QED) is 0.511. The minimum Gasteiger partial charge on any atom is -0.306 e. The summed E-state index contributed by atoms with van der Waals surface area (Å²) in [7, 11) is 0. The Morgan fingerprint density at radius 1 is 0.966 bits per heavy atom. The van der Waals surface area contributed by atoms with Gasteiger partial charge in [-0.25, -0.2) is 9.37 Å². The van der Waals surface area contributed by atoms with Gasteiger partial charge in [0.1, 0.15) is 11.6 Å². The number of fused-ring (bicyclic) bond motifs is 1. The van der Waals surface area contributed by atoms with Crippen LogP contribution in [0.5, 0.6) is 0 Å². The Bertz CT molecular complexity index is 1250. The Labute approximate surface area is 169 Å². The third-order valence-corrected chi connectivity index (χ3v) is 4.37. The third kappa shape index (κ3) is 3.95. The van der Waals surface area contributed by atoms with Crippen LogP contribution in [-0.2, 0) is 0 Å². The van der Waals surface area contributed by atoms with E-state index in [1.54, 1.807) is 36.5 Å². The van der Waals surface area contributed by atoms with Crippen molar-refractivity contribution < 1.29 is 14.0 Å². The number of amides is 1. The highest BCUT2D eigenvalue weighted by Crippen LogP contribution is 2.22. The summed E-state index contributed by atoms with van der Waals surface area (Å²) in [5.41, 5.74) is 0.909. The van der Waals surface area contributed by atoms with Crippen LogP contribution in [0.2, 0.25) is 5.02 Å².